The Bertz CT molecular complexity index is 855. The van der Waals surface area contributed by atoms with E-state index >= 15 is 0 Å². The second-order valence-corrected chi connectivity index (χ2v) is 9.61. The Kier molecular flexibility index (Phi) is 3.51. The number of likely N-dealkylation sites (N-methyl/N-ethyl adjacent to an activating group) is 1. The average Bonchev–Trinajstić information content (AvgIpc) is 3.32. The Morgan fingerprint density at radius 1 is 1.30 bits per heavy atom. The number of hydrogen-bond acceptors (Lipinski definition) is 4. The van der Waals surface area contributed by atoms with Crippen molar-refractivity contribution in [1.29, 1.82) is 0 Å². The molecule has 1 unspecified atom stereocenters. The summed E-state index contributed by atoms with van der Waals surface area (Å²) >= 11 is 0. The Balaban J connectivity index is 0.00000160. The van der Waals surface area contributed by atoms with Crippen molar-refractivity contribution in [3.63, 3.8) is 0 Å². The number of piperidine rings is 1. The van der Waals surface area contributed by atoms with Crippen molar-refractivity contribution in [1.82, 2.24) is 0 Å². The molecule has 2 heterocycles. The summed E-state index contributed by atoms with van der Waals surface area (Å²) in [5.74, 6) is 1.42. The van der Waals surface area contributed by atoms with Crippen LogP contribution >= 0.6 is 17.0 Å². The molecule has 6 rings (SSSR count). The molecule has 146 valence electrons. The normalized spacial score (nSPS) is 43.6. The van der Waals surface area contributed by atoms with Crippen LogP contribution in [0, 0.1) is 5.92 Å². The fraction of sp³-hybridized carbons (Fsp3) is 0.667. The van der Waals surface area contributed by atoms with Gasteiger partial charge in [-0.2, -0.15) is 0 Å². The quantitative estimate of drug-likeness (QED) is 0.697. The van der Waals surface area contributed by atoms with Crippen molar-refractivity contribution < 1.29 is 24.2 Å². The van der Waals surface area contributed by atoms with E-state index in [9.17, 15) is 15.0 Å². The third-order valence-corrected chi connectivity index (χ3v) is 8.28. The van der Waals surface area contributed by atoms with Crippen LogP contribution in [0.3, 0.4) is 0 Å². The fourth-order valence-corrected chi connectivity index (χ4v) is 6.94. The molecule has 1 aromatic rings. The molecule has 0 aromatic heterocycles. The summed E-state index contributed by atoms with van der Waals surface area (Å²) in [6.45, 7) is 2.09. The molecule has 5 aliphatic rings. The van der Waals surface area contributed by atoms with Crippen LogP contribution in [0.15, 0.2) is 12.1 Å². The first-order valence-corrected chi connectivity index (χ1v) is 10.0. The molecule has 1 aromatic carbocycles. The highest BCUT2D eigenvalue weighted by molar-refractivity contribution is 8.93. The van der Waals surface area contributed by atoms with Crippen LogP contribution in [0.4, 0.5) is 0 Å². The molecule has 2 saturated carbocycles. The highest BCUT2D eigenvalue weighted by Crippen LogP contribution is 2.65. The fourth-order valence-electron chi connectivity index (χ4n) is 6.94. The van der Waals surface area contributed by atoms with Crippen LogP contribution in [0.1, 0.15) is 43.2 Å². The molecular formula is C21H27BrNO4+. The van der Waals surface area contributed by atoms with Gasteiger partial charge in [0.1, 0.15) is 11.6 Å². The predicted molar refractivity (Wildman–Crippen MR) is 104 cm³/mol. The van der Waals surface area contributed by atoms with E-state index in [0.717, 1.165) is 47.5 Å². The topological polar surface area (TPSA) is 66.8 Å². The molecular weight excluding hydrogens is 410 g/mol. The minimum absolute atomic E-state index is 0. The lowest BCUT2D eigenvalue weighted by atomic mass is 9.48. The number of ether oxygens (including phenoxy) is 1. The van der Waals surface area contributed by atoms with Crippen molar-refractivity contribution in [3.8, 4) is 11.5 Å². The molecule has 6 heteroatoms. The van der Waals surface area contributed by atoms with Crippen LogP contribution in [0.5, 0.6) is 11.5 Å². The second kappa shape index (κ2) is 5.28. The molecule has 3 aliphatic carbocycles. The average molecular weight is 437 g/mol. The zero-order chi connectivity index (χ0) is 17.9. The van der Waals surface area contributed by atoms with Gasteiger partial charge in [0.25, 0.3) is 0 Å². The first-order valence-electron chi connectivity index (χ1n) is 10.0. The SMILES string of the molecule is Br.C[N+]1(CC2CC2)CC[C@]23c4c5ccc(O)c4O[C@H]2C(=O)CC[C@@]3(O)[C@H]1C5. The molecule has 0 amide bonds. The molecule has 0 radical (unpaired) electrons. The summed E-state index contributed by atoms with van der Waals surface area (Å²) in [7, 11) is 2.31. The number of benzene rings is 1. The van der Waals surface area contributed by atoms with E-state index in [4.69, 9.17) is 4.74 Å². The van der Waals surface area contributed by atoms with E-state index in [1.807, 2.05) is 6.07 Å². The van der Waals surface area contributed by atoms with Gasteiger partial charge in [-0.15, -0.1) is 17.0 Å². The number of ketones is 1. The van der Waals surface area contributed by atoms with Crippen molar-refractivity contribution >= 4 is 22.8 Å². The summed E-state index contributed by atoms with van der Waals surface area (Å²) < 4.78 is 6.98. The molecule has 5 nitrogen and oxygen atoms in total. The van der Waals surface area contributed by atoms with E-state index in [1.165, 1.54) is 12.8 Å². The molecule has 3 fully saturated rings. The highest BCUT2D eigenvalue weighted by Gasteiger charge is 2.76. The summed E-state index contributed by atoms with van der Waals surface area (Å²) in [5.41, 5.74) is 0.492. The van der Waals surface area contributed by atoms with E-state index in [0.29, 0.717) is 18.6 Å². The third-order valence-electron chi connectivity index (χ3n) is 8.28. The summed E-state index contributed by atoms with van der Waals surface area (Å²) in [5, 5.41) is 22.5. The standard InChI is InChI=1S/C21H25NO4.BrH/c1-22(11-12-2-3-12)9-8-20-17-13-4-5-14(23)18(17)26-19(20)15(24)6-7-21(20,25)16(22)10-13;/h4-5,12,16,19,25H,2-3,6-11H2,1H3;1H/p+1/t16-,19+,20+,21-,22?;/m1./s1. The maximum atomic E-state index is 12.8. The van der Waals surface area contributed by atoms with Gasteiger partial charge in [-0.25, -0.2) is 0 Å². The van der Waals surface area contributed by atoms with Gasteiger partial charge in [0.15, 0.2) is 23.4 Å². The number of aliphatic hydroxyl groups is 1. The minimum Gasteiger partial charge on any atom is -0.504 e. The van der Waals surface area contributed by atoms with Crippen molar-refractivity contribution in [2.45, 2.75) is 61.7 Å². The Morgan fingerprint density at radius 3 is 2.81 bits per heavy atom. The predicted octanol–water partition coefficient (Wildman–Crippen LogP) is 2.25. The first-order chi connectivity index (χ1) is 12.4. The summed E-state index contributed by atoms with van der Waals surface area (Å²) in [6, 6.07) is 3.77. The smallest absolute Gasteiger partial charge is 0.174 e. The molecule has 1 spiro atoms. The van der Waals surface area contributed by atoms with Gasteiger partial charge >= 0.3 is 0 Å². The maximum Gasteiger partial charge on any atom is 0.174 e. The van der Waals surface area contributed by atoms with E-state index in [-0.39, 0.29) is 34.6 Å². The number of phenols is 1. The summed E-state index contributed by atoms with van der Waals surface area (Å²) in [6.07, 6.45) is 4.42. The number of Topliss-reactive ketones (excluding diaryl/α,β-unsaturated/α-hetero) is 1. The lowest BCUT2D eigenvalue weighted by molar-refractivity contribution is -0.950. The number of halogens is 1. The number of carbonyl (C=O) groups is 1. The zero-order valence-corrected chi connectivity index (χ0v) is 17.3. The number of likely N-dealkylation sites (tertiary alicyclic amines) is 1. The number of rotatable bonds is 2. The van der Waals surface area contributed by atoms with Gasteiger partial charge in [0.05, 0.1) is 25.6 Å². The molecule has 27 heavy (non-hydrogen) atoms. The van der Waals surface area contributed by atoms with Crippen molar-refractivity contribution in [2.24, 2.45) is 5.92 Å². The summed E-state index contributed by atoms with van der Waals surface area (Å²) in [4.78, 5) is 12.8. The molecule has 2 N–H and O–H groups in total. The van der Waals surface area contributed by atoms with Crippen molar-refractivity contribution in [2.75, 3.05) is 20.1 Å². The molecule has 1 saturated heterocycles. The lowest BCUT2D eigenvalue weighted by Gasteiger charge is -2.64. The van der Waals surface area contributed by atoms with Gasteiger partial charge in [-0.3, -0.25) is 4.79 Å². The third kappa shape index (κ3) is 1.94. The van der Waals surface area contributed by atoms with Crippen LogP contribution in [0.2, 0.25) is 0 Å². The number of aromatic hydroxyl groups is 1. The van der Waals surface area contributed by atoms with Gasteiger partial charge in [-0.1, -0.05) is 6.07 Å². The lowest BCUT2D eigenvalue weighted by Crippen LogP contribution is -2.80. The monoisotopic (exact) mass is 436 g/mol. The van der Waals surface area contributed by atoms with E-state index in [1.54, 1.807) is 6.07 Å². The van der Waals surface area contributed by atoms with Crippen LogP contribution in [-0.2, 0) is 16.6 Å². The number of phenolic OH excluding ortho intramolecular Hbond substituents is 1. The molecule has 2 aliphatic heterocycles. The highest BCUT2D eigenvalue weighted by atomic mass is 79.9. The Morgan fingerprint density at radius 2 is 2.07 bits per heavy atom. The van der Waals surface area contributed by atoms with Gasteiger partial charge in [0.2, 0.25) is 0 Å². The maximum absolute atomic E-state index is 12.8. The number of carbonyl (C=O) groups excluding carboxylic acids is 1. The first kappa shape index (κ1) is 18.0. The Labute approximate surface area is 169 Å². The van der Waals surface area contributed by atoms with Crippen LogP contribution in [-0.4, -0.2) is 58.4 Å². The minimum atomic E-state index is -0.931. The zero-order valence-electron chi connectivity index (χ0n) is 15.6. The van der Waals surface area contributed by atoms with Crippen LogP contribution < -0.4 is 4.74 Å². The number of nitrogens with zero attached hydrogens (tertiary/aromatic N) is 1. The van der Waals surface area contributed by atoms with Gasteiger partial charge in [0, 0.05) is 30.7 Å². The van der Waals surface area contributed by atoms with E-state index in [2.05, 4.69) is 7.05 Å². The van der Waals surface area contributed by atoms with E-state index < -0.39 is 17.1 Å². The largest absolute Gasteiger partial charge is 0.504 e. The van der Waals surface area contributed by atoms with Gasteiger partial charge < -0.3 is 19.4 Å². The number of quaternary nitrogens is 1. The number of hydrogen-bond donors (Lipinski definition) is 2. The van der Waals surface area contributed by atoms with Crippen molar-refractivity contribution in [3.05, 3.63) is 23.3 Å². The van der Waals surface area contributed by atoms with Crippen LogP contribution in [0.25, 0.3) is 0 Å². The second-order valence-electron chi connectivity index (χ2n) is 9.61. The van der Waals surface area contributed by atoms with Gasteiger partial charge in [-0.05, 0) is 30.9 Å². The molecule has 5 atom stereocenters. The molecule has 2 bridgehead atoms. The Hall–Kier alpha value is -1.11.